The number of piperidine rings is 1. The first-order chi connectivity index (χ1) is 10.7. The molecule has 0 spiro atoms. The zero-order valence-corrected chi connectivity index (χ0v) is 14.3. The van der Waals surface area contributed by atoms with Gasteiger partial charge in [-0.25, -0.2) is 0 Å². The number of nitrogens with zero attached hydrogens (tertiary/aromatic N) is 1. The van der Waals surface area contributed by atoms with Crippen molar-refractivity contribution < 1.29 is 4.79 Å². The lowest BCUT2D eigenvalue weighted by Crippen LogP contribution is -2.43. The van der Waals surface area contributed by atoms with Crippen LogP contribution in [0.5, 0.6) is 0 Å². The number of hydrogen-bond acceptors (Lipinski definition) is 3. The summed E-state index contributed by atoms with van der Waals surface area (Å²) in [5, 5.41) is 4.96. The van der Waals surface area contributed by atoms with Gasteiger partial charge in [-0.1, -0.05) is 43.3 Å². The minimum Gasteiger partial charge on any atom is -0.351 e. The molecule has 1 N–H and O–H groups in total. The monoisotopic (exact) mass is 318 g/mol. The van der Waals surface area contributed by atoms with Crippen LogP contribution in [-0.4, -0.2) is 36.7 Å². The third kappa shape index (κ3) is 5.18. The lowest BCUT2D eigenvalue weighted by atomic mass is 9.88. The van der Waals surface area contributed by atoms with E-state index in [4.69, 9.17) is 0 Å². The van der Waals surface area contributed by atoms with Crippen molar-refractivity contribution >= 4 is 17.7 Å². The molecular weight excluding hydrogens is 292 g/mol. The van der Waals surface area contributed by atoms with E-state index in [0.717, 1.165) is 13.0 Å². The third-order valence-corrected chi connectivity index (χ3v) is 4.62. The van der Waals surface area contributed by atoms with Gasteiger partial charge in [-0.05, 0) is 42.5 Å². The fourth-order valence-electron chi connectivity index (χ4n) is 2.96. The highest BCUT2D eigenvalue weighted by molar-refractivity contribution is 8.01. The molecule has 22 heavy (non-hydrogen) atoms. The van der Waals surface area contributed by atoms with Gasteiger partial charge in [0.1, 0.15) is 0 Å². The molecule has 1 saturated heterocycles. The second kappa shape index (κ2) is 9.01. The van der Waals surface area contributed by atoms with Crippen molar-refractivity contribution in [1.82, 2.24) is 10.2 Å². The SMILES string of the molecule is CS/C=C/CNC(=O)CN1CCC(C)CC1c1ccccc1. The molecule has 0 radical (unpaired) electrons. The Kier molecular flexibility index (Phi) is 7.00. The highest BCUT2D eigenvalue weighted by Gasteiger charge is 2.28. The zero-order chi connectivity index (χ0) is 15.8. The normalized spacial score (nSPS) is 22.8. The third-order valence-electron chi connectivity index (χ3n) is 4.16. The lowest BCUT2D eigenvalue weighted by molar-refractivity contribution is -0.123. The van der Waals surface area contributed by atoms with Crippen molar-refractivity contribution in [3.05, 3.63) is 47.4 Å². The number of benzene rings is 1. The molecule has 1 heterocycles. The fraction of sp³-hybridized carbons (Fsp3) is 0.500. The van der Waals surface area contributed by atoms with Crippen molar-refractivity contribution in [3.63, 3.8) is 0 Å². The van der Waals surface area contributed by atoms with E-state index in [1.807, 2.05) is 23.8 Å². The molecular formula is C18H26N2OS. The van der Waals surface area contributed by atoms with Crippen LogP contribution >= 0.6 is 11.8 Å². The van der Waals surface area contributed by atoms with Gasteiger partial charge in [-0.15, -0.1) is 11.8 Å². The molecule has 0 saturated carbocycles. The molecule has 1 aliphatic rings. The van der Waals surface area contributed by atoms with Gasteiger partial charge in [0, 0.05) is 12.6 Å². The largest absolute Gasteiger partial charge is 0.351 e. The molecule has 1 aromatic carbocycles. The van der Waals surface area contributed by atoms with Gasteiger partial charge in [0.05, 0.1) is 6.54 Å². The first-order valence-electron chi connectivity index (χ1n) is 7.94. The first-order valence-corrected chi connectivity index (χ1v) is 9.23. The number of carbonyl (C=O) groups excluding carboxylic acids is 1. The molecule has 0 bridgehead atoms. The Morgan fingerprint density at radius 3 is 2.91 bits per heavy atom. The maximum atomic E-state index is 12.1. The summed E-state index contributed by atoms with van der Waals surface area (Å²) in [5.41, 5.74) is 1.32. The summed E-state index contributed by atoms with van der Waals surface area (Å²) in [5.74, 6) is 0.829. The van der Waals surface area contributed by atoms with E-state index in [2.05, 4.69) is 41.4 Å². The van der Waals surface area contributed by atoms with Crippen LogP contribution in [0, 0.1) is 5.92 Å². The van der Waals surface area contributed by atoms with Gasteiger partial charge in [0.25, 0.3) is 0 Å². The van der Waals surface area contributed by atoms with E-state index in [-0.39, 0.29) is 5.91 Å². The molecule has 1 fully saturated rings. The van der Waals surface area contributed by atoms with E-state index < -0.39 is 0 Å². The van der Waals surface area contributed by atoms with E-state index in [9.17, 15) is 4.79 Å². The molecule has 120 valence electrons. The van der Waals surface area contributed by atoms with E-state index in [1.165, 1.54) is 12.0 Å². The Hall–Kier alpha value is -1.26. The Labute approximate surface area is 138 Å². The quantitative estimate of drug-likeness (QED) is 0.872. The topological polar surface area (TPSA) is 32.3 Å². The molecule has 1 aliphatic heterocycles. The average molecular weight is 318 g/mol. The molecule has 4 heteroatoms. The minimum atomic E-state index is 0.112. The Morgan fingerprint density at radius 1 is 1.41 bits per heavy atom. The Balaban J connectivity index is 1.95. The van der Waals surface area contributed by atoms with Crippen LogP contribution in [0.25, 0.3) is 0 Å². The molecule has 0 aromatic heterocycles. The van der Waals surface area contributed by atoms with E-state index in [0.29, 0.717) is 25.0 Å². The van der Waals surface area contributed by atoms with Gasteiger partial charge in [0.15, 0.2) is 0 Å². The molecule has 1 amide bonds. The van der Waals surface area contributed by atoms with Crippen molar-refractivity contribution in [2.24, 2.45) is 5.92 Å². The second-order valence-corrected chi connectivity index (χ2v) is 6.68. The standard InChI is InChI=1S/C18H26N2OS/c1-15-9-11-20(14-18(21)19-10-6-12-22-2)17(13-15)16-7-4-3-5-8-16/h3-8,12,15,17H,9-11,13-14H2,1-2H3,(H,19,21)/b12-6+. The maximum absolute atomic E-state index is 12.1. The maximum Gasteiger partial charge on any atom is 0.234 e. The van der Waals surface area contributed by atoms with Gasteiger partial charge in [0.2, 0.25) is 5.91 Å². The van der Waals surface area contributed by atoms with Gasteiger partial charge in [-0.2, -0.15) is 0 Å². The Morgan fingerprint density at radius 2 is 2.18 bits per heavy atom. The number of nitrogens with one attached hydrogen (secondary N) is 1. The van der Waals surface area contributed by atoms with Crippen molar-refractivity contribution in [1.29, 1.82) is 0 Å². The number of amides is 1. The van der Waals surface area contributed by atoms with Crippen molar-refractivity contribution in [3.8, 4) is 0 Å². The van der Waals surface area contributed by atoms with Gasteiger partial charge >= 0.3 is 0 Å². The first kappa shape index (κ1) is 17.1. The van der Waals surface area contributed by atoms with Crippen LogP contribution in [-0.2, 0) is 4.79 Å². The second-order valence-electron chi connectivity index (χ2n) is 5.94. The number of rotatable bonds is 6. The minimum absolute atomic E-state index is 0.112. The summed E-state index contributed by atoms with van der Waals surface area (Å²) >= 11 is 1.64. The van der Waals surface area contributed by atoms with Crippen LogP contribution in [0.3, 0.4) is 0 Å². The molecule has 2 rings (SSSR count). The van der Waals surface area contributed by atoms with E-state index in [1.54, 1.807) is 11.8 Å². The summed E-state index contributed by atoms with van der Waals surface area (Å²) in [6, 6.07) is 10.9. The van der Waals surface area contributed by atoms with Gasteiger partial charge in [-0.3, -0.25) is 9.69 Å². The molecule has 0 aliphatic carbocycles. The molecule has 1 aromatic rings. The van der Waals surface area contributed by atoms with Crippen molar-refractivity contribution in [2.75, 3.05) is 25.9 Å². The summed E-state index contributed by atoms with van der Waals surface area (Å²) in [6.07, 6.45) is 6.29. The number of thioether (sulfide) groups is 1. The fourth-order valence-corrected chi connectivity index (χ4v) is 3.25. The smallest absolute Gasteiger partial charge is 0.234 e. The molecule has 2 atom stereocenters. The van der Waals surface area contributed by atoms with E-state index >= 15 is 0 Å². The Bertz CT molecular complexity index is 489. The van der Waals surface area contributed by atoms with Crippen molar-refractivity contribution in [2.45, 2.75) is 25.8 Å². The average Bonchev–Trinajstić information content (AvgIpc) is 2.54. The van der Waals surface area contributed by atoms with Crippen LogP contribution < -0.4 is 5.32 Å². The zero-order valence-electron chi connectivity index (χ0n) is 13.5. The molecule has 2 unspecified atom stereocenters. The summed E-state index contributed by atoms with van der Waals surface area (Å²) in [6.45, 7) is 4.40. The lowest BCUT2D eigenvalue weighted by Gasteiger charge is -2.38. The van der Waals surface area contributed by atoms with Crippen LogP contribution in [0.4, 0.5) is 0 Å². The van der Waals surface area contributed by atoms with Crippen LogP contribution in [0.15, 0.2) is 41.8 Å². The summed E-state index contributed by atoms with van der Waals surface area (Å²) in [4.78, 5) is 14.5. The predicted octanol–water partition coefficient (Wildman–Crippen LogP) is 3.45. The molecule has 3 nitrogen and oxygen atoms in total. The van der Waals surface area contributed by atoms with Gasteiger partial charge < -0.3 is 5.32 Å². The number of hydrogen-bond donors (Lipinski definition) is 1. The highest BCUT2D eigenvalue weighted by Crippen LogP contribution is 2.33. The summed E-state index contributed by atoms with van der Waals surface area (Å²) in [7, 11) is 0. The van der Waals surface area contributed by atoms with Crippen LogP contribution in [0.1, 0.15) is 31.4 Å². The number of likely N-dealkylation sites (tertiary alicyclic amines) is 1. The highest BCUT2D eigenvalue weighted by atomic mass is 32.2. The number of carbonyl (C=O) groups is 1. The predicted molar refractivity (Wildman–Crippen MR) is 94.8 cm³/mol. The van der Waals surface area contributed by atoms with Crippen LogP contribution in [0.2, 0.25) is 0 Å². The summed E-state index contributed by atoms with van der Waals surface area (Å²) < 4.78 is 0.